The number of ether oxygens (including phenoxy) is 1. The number of nitrogens with zero attached hydrogens (tertiary/aromatic N) is 5. The van der Waals surface area contributed by atoms with Crippen LogP contribution < -0.4 is 10.2 Å². The van der Waals surface area contributed by atoms with Crippen LogP contribution >= 0.6 is 11.8 Å². The molecule has 1 amide bonds. The first kappa shape index (κ1) is 22.2. The summed E-state index contributed by atoms with van der Waals surface area (Å²) >= 11 is 1.29. The fourth-order valence-corrected chi connectivity index (χ4v) is 3.80. The molecule has 4 rings (SSSR count). The van der Waals surface area contributed by atoms with Gasteiger partial charge in [0.1, 0.15) is 5.75 Å². The van der Waals surface area contributed by atoms with Crippen molar-refractivity contribution in [2.24, 2.45) is 5.10 Å². The molecule has 0 saturated carbocycles. The molecule has 33 heavy (non-hydrogen) atoms. The average Bonchev–Trinajstić information content (AvgIpc) is 3.31. The highest BCUT2D eigenvalue weighted by molar-refractivity contribution is 7.99. The normalized spacial score (nSPS) is 11.3. The number of thioether (sulfide) groups is 1. The molecule has 2 aromatic heterocycles. The van der Waals surface area contributed by atoms with Crippen molar-refractivity contribution in [3.05, 3.63) is 84.7 Å². The monoisotopic (exact) mass is 458 g/mol. The molecular weight excluding hydrogens is 436 g/mol. The summed E-state index contributed by atoms with van der Waals surface area (Å²) < 4.78 is 7.20. The van der Waals surface area contributed by atoms with E-state index in [1.807, 2.05) is 78.2 Å². The van der Waals surface area contributed by atoms with Crippen molar-refractivity contribution < 1.29 is 9.53 Å². The summed E-state index contributed by atoms with van der Waals surface area (Å²) in [6.07, 6.45) is 3.39. The number of benzene rings is 2. The van der Waals surface area contributed by atoms with E-state index in [1.54, 1.807) is 19.5 Å². The number of methoxy groups -OCH3 is 1. The summed E-state index contributed by atoms with van der Waals surface area (Å²) in [6, 6.07) is 21.1. The molecule has 0 aliphatic rings. The van der Waals surface area contributed by atoms with E-state index in [4.69, 9.17) is 4.74 Å². The summed E-state index contributed by atoms with van der Waals surface area (Å²) in [6.45, 7) is 1.82. The number of carbonyl (C=O) groups excluding carboxylic acids is 1. The van der Waals surface area contributed by atoms with E-state index in [0.717, 1.165) is 22.6 Å². The fraction of sp³-hybridized carbons (Fsp3) is 0.125. The first-order valence-corrected chi connectivity index (χ1v) is 11.2. The molecule has 0 spiro atoms. The number of amides is 1. The van der Waals surface area contributed by atoms with E-state index in [-0.39, 0.29) is 11.7 Å². The molecule has 4 aromatic rings. The molecule has 0 aliphatic carbocycles. The van der Waals surface area contributed by atoms with Gasteiger partial charge in [0.25, 0.3) is 5.91 Å². The first-order chi connectivity index (χ1) is 16.2. The summed E-state index contributed by atoms with van der Waals surface area (Å²) in [5.74, 6) is 1.33. The average molecular weight is 459 g/mol. The molecule has 0 fully saturated rings. The van der Waals surface area contributed by atoms with Crippen LogP contribution in [0.4, 0.5) is 0 Å². The topological polar surface area (TPSA) is 94.3 Å². The van der Waals surface area contributed by atoms with Crippen molar-refractivity contribution in [1.82, 2.24) is 25.2 Å². The van der Waals surface area contributed by atoms with Gasteiger partial charge >= 0.3 is 0 Å². The van der Waals surface area contributed by atoms with Gasteiger partial charge in [-0.1, -0.05) is 48.2 Å². The van der Waals surface area contributed by atoms with E-state index in [2.05, 4.69) is 25.7 Å². The van der Waals surface area contributed by atoms with Crippen LogP contribution in [0.15, 0.2) is 89.4 Å². The Kier molecular flexibility index (Phi) is 7.11. The van der Waals surface area contributed by atoms with Gasteiger partial charge in [-0.15, -0.1) is 10.2 Å². The molecule has 9 heteroatoms. The summed E-state index contributed by atoms with van der Waals surface area (Å²) in [5, 5.41) is 13.5. The van der Waals surface area contributed by atoms with Gasteiger partial charge < -0.3 is 4.74 Å². The number of aromatic nitrogens is 4. The Morgan fingerprint density at radius 2 is 1.85 bits per heavy atom. The third-order valence-electron chi connectivity index (χ3n) is 4.76. The van der Waals surface area contributed by atoms with Gasteiger partial charge in [-0.05, 0) is 37.3 Å². The first-order valence-electron chi connectivity index (χ1n) is 10.2. The molecular formula is C24H22N6O2S. The number of nitrogens with one attached hydrogen (secondary N) is 1. The number of hydrazone groups is 1. The second kappa shape index (κ2) is 10.6. The van der Waals surface area contributed by atoms with Crippen molar-refractivity contribution in [1.29, 1.82) is 0 Å². The van der Waals surface area contributed by atoms with Gasteiger partial charge in [0.15, 0.2) is 11.0 Å². The highest BCUT2D eigenvalue weighted by Crippen LogP contribution is 2.28. The van der Waals surface area contributed by atoms with Crippen LogP contribution in [0.5, 0.6) is 5.75 Å². The van der Waals surface area contributed by atoms with Crippen LogP contribution in [0.2, 0.25) is 0 Å². The van der Waals surface area contributed by atoms with Crippen LogP contribution in [0.25, 0.3) is 17.1 Å². The van der Waals surface area contributed by atoms with E-state index in [9.17, 15) is 4.79 Å². The summed E-state index contributed by atoms with van der Waals surface area (Å²) in [7, 11) is 1.63. The third kappa shape index (κ3) is 5.45. The molecule has 1 N–H and O–H groups in total. The number of hydrogen-bond acceptors (Lipinski definition) is 7. The van der Waals surface area contributed by atoms with Crippen molar-refractivity contribution >= 4 is 23.4 Å². The lowest BCUT2D eigenvalue weighted by Crippen LogP contribution is -2.21. The molecule has 0 bridgehead atoms. The molecule has 2 aromatic carbocycles. The Morgan fingerprint density at radius 1 is 1.06 bits per heavy atom. The summed E-state index contributed by atoms with van der Waals surface area (Å²) in [5.41, 5.74) is 5.90. The number of carbonyl (C=O) groups is 1. The Hall–Kier alpha value is -3.98. The van der Waals surface area contributed by atoms with Crippen LogP contribution in [0, 0.1) is 0 Å². The maximum absolute atomic E-state index is 12.4. The highest BCUT2D eigenvalue weighted by Gasteiger charge is 2.17. The molecule has 0 unspecified atom stereocenters. The van der Waals surface area contributed by atoms with Crippen molar-refractivity contribution in [3.63, 3.8) is 0 Å². The molecule has 0 aliphatic heterocycles. The minimum Gasteiger partial charge on any atom is -0.497 e. The largest absolute Gasteiger partial charge is 0.497 e. The Balaban J connectivity index is 1.53. The smallest absolute Gasteiger partial charge is 0.250 e. The zero-order valence-corrected chi connectivity index (χ0v) is 19.0. The minimum absolute atomic E-state index is 0.132. The molecule has 0 saturated heterocycles. The maximum Gasteiger partial charge on any atom is 0.250 e. The number of pyridine rings is 1. The second-order valence-corrected chi connectivity index (χ2v) is 7.91. The van der Waals surface area contributed by atoms with E-state index in [0.29, 0.717) is 16.7 Å². The standard InChI is InChI=1S/C24H22N6O2S/c1-17(19-9-6-14-25-15-19)26-27-22(31)16-33-24-29-28-23(18-7-4-3-5-8-18)30(24)20-10-12-21(32-2)13-11-20/h3-15H,16H2,1-2H3,(H,27,31)/b26-17-. The van der Waals surface area contributed by atoms with Gasteiger partial charge in [0, 0.05) is 29.2 Å². The van der Waals surface area contributed by atoms with Gasteiger partial charge in [0.05, 0.1) is 18.6 Å². The molecule has 166 valence electrons. The Labute approximate surface area is 195 Å². The predicted molar refractivity (Wildman–Crippen MR) is 129 cm³/mol. The third-order valence-corrected chi connectivity index (χ3v) is 5.68. The van der Waals surface area contributed by atoms with Gasteiger partial charge in [-0.3, -0.25) is 14.3 Å². The quantitative estimate of drug-likeness (QED) is 0.244. The minimum atomic E-state index is -0.242. The van der Waals surface area contributed by atoms with E-state index in [1.165, 1.54) is 11.8 Å². The van der Waals surface area contributed by atoms with Gasteiger partial charge in [-0.2, -0.15) is 5.10 Å². The predicted octanol–water partition coefficient (Wildman–Crippen LogP) is 3.97. The van der Waals surface area contributed by atoms with E-state index >= 15 is 0 Å². The number of hydrogen-bond donors (Lipinski definition) is 1. The van der Waals surface area contributed by atoms with Crippen molar-refractivity contribution in [2.75, 3.05) is 12.9 Å². The van der Waals surface area contributed by atoms with Crippen LogP contribution in [0.3, 0.4) is 0 Å². The lowest BCUT2D eigenvalue weighted by Gasteiger charge is -2.11. The zero-order valence-electron chi connectivity index (χ0n) is 18.2. The molecule has 2 heterocycles. The summed E-state index contributed by atoms with van der Waals surface area (Å²) in [4.78, 5) is 16.5. The second-order valence-electron chi connectivity index (χ2n) is 6.97. The Morgan fingerprint density at radius 3 is 2.55 bits per heavy atom. The van der Waals surface area contributed by atoms with E-state index < -0.39 is 0 Å². The SMILES string of the molecule is COc1ccc(-n2c(SCC(=O)N/N=C(/C)c3cccnc3)nnc2-c2ccccc2)cc1. The number of rotatable bonds is 8. The Bertz CT molecular complexity index is 1240. The highest BCUT2D eigenvalue weighted by atomic mass is 32.2. The van der Waals surface area contributed by atoms with Crippen molar-refractivity contribution in [2.45, 2.75) is 12.1 Å². The molecule has 0 radical (unpaired) electrons. The fourth-order valence-electron chi connectivity index (χ4n) is 3.05. The van der Waals surface area contributed by atoms with Crippen molar-refractivity contribution in [3.8, 4) is 22.8 Å². The lowest BCUT2D eigenvalue weighted by molar-refractivity contribution is -0.118. The van der Waals surface area contributed by atoms with Crippen LogP contribution in [-0.2, 0) is 4.79 Å². The zero-order chi connectivity index (χ0) is 23.0. The van der Waals surface area contributed by atoms with Crippen LogP contribution in [-0.4, -0.2) is 44.2 Å². The maximum atomic E-state index is 12.4. The molecule has 0 atom stereocenters. The van der Waals surface area contributed by atoms with Crippen LogP contribution in [0.1, 0.15) is 12.5 Å². The van der Waals surface area contributed by atoms with Gasteiger partial charge in [-0.25, -0.2) is 5.43 Å². The lowest BCUT2D eigenvalue weighted by atomic mass is 10.2. The molecule has 8 nitrogen and oxygen atoms in total. The van der Waals surface area contributed by atoms with Gasteiger partial charge in [0.2, 0.25) is 0 Å².